The molecule has 0 amide bonds. The fourth-order valence-corrected chi connectivity index (χ4v) is 1.95. The molecule has 0 saturated carbocycles. The SMILES string of the molecule is CC(O)Cc1cc2cc(Br)ccc2cn1. The van der Waals surface area contributed by atoms with E-state index in [0.29, 0.717) is 6.42 Å². The maximum Gasteiger partial charge on any atom is 0.0567 e. The Morgan fingerprint density at radius 3 is 2.87 bits per heavy atom. The highest BCUT2D eigenvalue weighted by Gasteiger charge is 2.02. The molecule has 0 aliphatic heterocycles. The number of nitrogens with zero attached hydrogens (tertiary/aromatic N) is 1. The molecule has 1 aromatic carbocycles. The fourth-order valence-electron chi connectivity index (χ4n) is 1.57. The van der Waals surface area contributed by atoms with Crippen molar-refractivity contribution in [2.75, 3.05) is 0 Å². The summed E-state index contributed by atoms with van der Waals surface area (Å²) in [5, 5.41) is 11.5. The smallest absolute Gasteiger partial charge is 0.0567 e. The third-order valence-electron chi connectivity index (χ3n) is 2.24. The molecule has 1 N–H and O–H groups in total. The van der Waals surface area contributed by atoms with Gasteiger partial charge >= 0.3 is 0 Å². The number of hydrogen-bond acceptors (Lipinski definition) is 2. The second-order valence-corrected chi connectivity index (χ2v) is 4.64. The van der Waals surface area contributed by atoms with Gasteiger partial charge in [0.25, 0.3) is 0 Å². The summed E-state index contributed by atoms with van der Waals surface area (Å²) >= 11 is 3.44. The van der Waals surface area contributed by atoms with Gasteiger partial charge in [0.05, 0.1) is 6.10 Å². The zero-order chi connectivity index (χ0) is 10.8. The molecule has 1 unspecified atom stereocenters. The second kappa shape index (κ2) is 4.29. The van der Waals surface area contributed by atoms with Crippen LogP contribution in [0.1, 0.15) is 12.6 Å². The Kier molecular flexibility index (Phi) is 3.03. The summed E-state index contributed by atoms with van der Waals surface area (Å²) in [5.74, 6) is 0. The molecular weight excluding hydrogens is 254 g/mol. The van der Waals surface area contributed by atoms with E-state index in [1.165, 1.54) is 0 Å². The van der Waals surface area contributed by atoms with Gasteiger partial charge in [0.1, 0.15) is 0 Å². The van der Waals surface area contributed by atoms with Gasteiger partial charge in [-0.05, 0) is 30.5 Å². The van der Waals surface area contributed by atoms with Crippen LogP contribution in [0.5, 0.6) is 0 Å². The molecule has 78 valence electrons. The summed E-state index contributed by atoms with van der Waals surface area (Å²) in [5.41, 5.74) is 0.926. The maximum atomic E-state index is 9.28. The molecule has 0 fully saturated rings. The molecule has 2 aromatic rings. The number of hydrogen-bond donors (Lipinski definition) is 1. The molecule has 1 heterocycles. The van der Waals surface area contributed by atoms with Crippen LogP contribution < -0.4 is 0 Å². The van der Waals surface area contributed by atoms with Crippen LogP contribution in [-0.4, -0.2) is 16.2 Å². The first kappa shape index (κ1) is 10.6. The van der Waals surface area contributed by atoms with E-state index in [2.05, 4.69) is 27.0 Å². The number of aromatic nitrogens is 1. The molecular formula is C12H12BrNO. The number of aliphatic hydroxyl groups is 1. The summed E-state index contributed by atoms with van der Waals surface area (Å²) in [6, 6.07) is 8.10. The first-order valence-electron chi connectivity index (χ1n) is 4.87. The van der Waals surface area contributed by atoms with E-state index in [4.69, 9.17) is 0 Å². The summed E-state index contributed by atoms with van der Waals surface area (Å²) in [4.78, 5) is 4.30. The van der Waals surface area contributed by atoms with Crippen LogP contribution in [0.3, 0.4) is 0 Å². The summed E-state index contributed by atoms with van der Waals surface area (Å²) < 4.78 is 1.06. The van der Waals surface area contributed by atoms with Crippen molar-refractivity contribution in [2.24, 2.45) is 0 Å². The van der Waals surface area contributed by atoms with Gasteiger partial charge in [-0.15, -0.1) is 0 Å². The van der Waals surface area contributed by atoms with E-state index in [1.54, 1.807) is 6.92 Å². The van der Waals surface area contributed by atoms with E-state index in [1.807, 2.05) is 24.4 Å². The topological polar surface area (TPSA) is 33.1 Å². The van der Waals surface area contributed by atoms with E-state index in [9.17, 15) is 5.11 Å². The van der Waals surface area contributed by atoms with Gasteiger partial charge in [-0.2, -0.15) is 0 Å². The van der Waals surface area contributed by atoms with Crippen molar-refractivity contribution in [1.29, 1.82) is 0 Å². The lowest BCUT2D eigenvalue weighted by atomic mass is 10.1. The van der Waals surface area contributed by atoms with Crippen molar-refractivity contribution < 1.29 is 5.11 Å². The van der Waals surface area contributed by atoms with Gasteiger partial charge in [0.2, 0.25) is 0 Å². The minimum Gasteiger partial charge on any atom is -0.393 e. The van der Waals surface area contributed by atoms with Crippen LogP contribution in [0, 0.1) is 0 Å². The molecule has 0 bridgehead atoms. The van der Waals surface area contributed by atoms with Crippen LogP contribution in [0.4, 0.5) is 0 Å². The molecule has 0 spiro atoms. The van der Waals surface area contributed by atoms with Gasteiger partial charge in [0, 0.05) is 28.2 Å². The lowest BCUT2D eigenvalue weighted by Crippen LogP contribution is -2.05. The van der Waals surface area contributed by atoms with Crippen LogP contribution >= 0.6 is 15.9 Å². The zero-order valence-corrected chi connectivity index (χ0v) is 10.0. The van der Waals surface area contributed by atoms with Crippen molar-refractivity contribution in [2.45, 2.75) is 19.4 Å². The average Bonchev–Trinajstić information content (AvgIpc) is 2.16. The monoisotopic (exact) mass is 265 g/mol. The quantitative estimate of drug-likeness (QED) is 0.906. The minimum atomic E-state index is -0.345. The average molecular weight is 266 g/mol. The van der Waals surface area contributed by atoms with Gasteiger partial charge in [-0.25, -0.2) is 0 Å². The van der Waals surface area contributed by atoms with Crippen molar-refractivity contribution in [3.8, 4) is 0 Å². The molecule has 2 rings (SSSR count). The second-order valence-electron chi connectivity index (χ2n) is 3.72. The molecule has 0 radical (unpaired) electrons. The first-order chi connectivity index (χ1) is 7.15. The molecule has 1 aromatic heterocycles. The van der Waals surface area contributed by atoms with E-state index in [-0.39, 0.29) is 6.10 Å². The molecule has 15 heavy (non-hydrogen) atoms. The highest BCUT2D eigenvalue weighted by Crippen LogP contribution is 2.20. The van der Waals surface area contributed by atoms with Gasteiger partial charge in [-0.3, -0.25) is 4.98 Å². The van der Waals surface area contributed by atoms with E-state index < -0.39 is 0 Å². The minimum absolute atomic E-state index is 0.345. The third kappa shape index (κ3) is 2.55. The number of halogens is 1. The molecule has 3 heteroatoms. The van der Waals surface area contributed by atoms with Gasteiger partial charge in [-0.1, -0.05) is 22.0 Å². The number of pyridine rings is 1. The Bertz CT molecular complexity index is 482. The highest BCUT2D eigenvalue weighted by molar-refractivity contribution is 9.10. The van der Waals surface area contributed by atoms with Crippen molar-refractivity contribution in [3.63, 3.8) is 0 Å². The Balaban J connectivity index is 2.45. The van der Waals surface area contributed by atoms with Crippen LogP contribution in [0.15, 0.2) is 34.9 Å². The number of rotatable bonds is 2. The largest absolute Gasteiger partial charge is 0.393 e. The van der Waals surface area contributed by atoms with Crippen LogP contribution in [0.2, 0.25) is 0 Å². The third-order valence-corrected chi connectivity index (χ3v) is 2.74. The van der Waals surface area contributed by atoms with Gasteiger partial charge < -0.3 is 5.11 Å². The van der Waals surface area contributed by atoms with Crippen molar-refractivity contribution >= 4 is 26.7 Å². The molecule has 1 atom stereocenters. The van der Waals surface area contributed by atoms with Crippen LogP contribution in [-0.2, 0) is 6.42 Å². The number of aliphatic hydroxyl groups excluding tert-OH is 1. The summed E-state index contributed by atoms with van der Waals surface area (Å²) in [6.45, 7) is 1.77. The molecule has 0 aliphatic carbocycles. The predicted molar refractivity (Wildman–Crippen MR) is 64.8 cm³/mol. The standard InChI is InChI=1S/C12H12BrNO/c1-8(15)4-12-6-10-5-11(13)3-2-9(10)7-14-12/h2-3,5-8,15H,4H2,1H3. The Hall–Kier alpha value is -0.930. The summed E-state index contributed by atoms with van der Waals surface area (Å²) in [7, 11) is 0. The highest BCUT2D eigenvalue weighted by atomic mass is 79.9. The molecule has 2 nitrogen and oxygen atoms in total. The lowest BCUT2D eigenvalue weighted by molar-refractivity contribution is 0.194. The Labute approximate surface area is 97.1 Å². The molecule has 0 aliphatic rings. The van der Waals surface area contributed by atoms with Crippen LogP contribution in [0.25, 0.3) is 10.8 Å². The van der Waals surface area contributed by atoms with Gasteiger partial charge in [0.15, 0.2) is 0 Å². The molecule has 0 saturated heterocycles. The number of fused-ring (bicyclic) bond motifs is 1. The predicted octanol–water partition coefficient (Wildman–Crippen LogP) is 2.92. The zero-order valence-electron chi connectivity index (χ0n) is 8.44. The van der Waals surface area contributed by atoms with Crippen molar-refractivity contribution in [3.05, 3.63) is 40.6 Å². The van der Waals surface area contributed by atoms with E-state index in [0.717, 1.165) is 20.9 Å². The lowest BCUT2D eigenvalue weighted by Gasteiger charge is -2.05. The maximum absolute atomic E-state index is 9.28. The van der Waals surface area contributed by atoms with E-state index >= 15 is 0 Å². The normalized spacial score (nSPS) is 13.0. The number of benzene rings is 1. The first-order valence-corrected chi connectivity index (χ1v) is 5.67. The Morgan fingerprint density at radius 2 is 2.13 bits per heavy atom. The van der Waals surface area contributed by atoms with Crippen molar-refractivity contribution in [1.82, 2.24) is 4.98 Å². The fraction of sp³-hybridized carbons (Fsp3) is 0.250. The summed E-state index contributed by atoms with van der Waals surface area (Å²) in [6.07, 6.45) is 2.10. The Morgan fingerprint density at radius 1 is 1.33 bits per heavy atom.